The van der Waals surface area contributed by atoms with Crippen LogP contribution in [0.4, 0.5) is 0 Å². The van der Waals surface area contributed by atoms with E-state index in [0.717, 1.165) is 24.3 Å². The van der Waals surface area contributed by atoms with Crippen molar-refractivity contribution in [2.24, 2.45) is 0 Å². The van der Waals surface area contributed by atoms with E-state index in [9.17, 15) is 4.79 Å². The molecule has 0 unspecified atom stereocenters. The number of carbonyl (C=O) groups excluding carboxylic acids is 1. The Morgan fingerprint density at radius 3 is 2.62 bits per heavy atom. The molecule has 0 saturated carbocycles. The Bertz CT molecular complexity index is 730. The number of nitrogens with zero attached hydrogens (tertiary/aromatic N) is 3. The molecule has 1 amide bonds. The highest BCUT2D eigenvalue weighted by Crippen LogP contribution is 2.23. The van der Waals surface area contributed by atoms with Gasteiger partial charge in [-0.05, 0) is 12.1 Å². The van der Waals surface area contributed by atoms with Gasteiger partial charge >= 0.3 is 0 Å². The molecule has 2 aliphatic heterocycles. The topological polar surface area (TPSA) is 54.9 Å². The zero-order chi connectivity index (χ0) is 16.4. The van der Waals surface area contributed by atoms with E-state index < -0.39 is 0 Å². The number of hydroxylamine groups is 2. The number of rotatable bonds is 3. The Balaban J connectivity index is 1.53. The van der Waals surface area contributed by atoms with Crippen molar-refractivity contribution in [2.75, 3.05) is 33.0 Å². The zero-order valence-corrected chi connectivity index (χ0v) is 13.4. The predicted octanol–water partition coefficient (Wildman–Crippen LogP) is 1.93. The summed E-state index contributed by atoms with van der Waals surface area (Å²) in [4.78, 5) is 25.1. The van der Waals surface area contributed by atoms with E-state index in [4.69, 9.17) is 9.57 Å². The summed E-state index contributed by atoms with van der Waals surface area (Å²) in [5.74, 6) is -0.130. The van der Waals surface area contributed by atoms with E-state index in [1.165, 1.54) is 5.06 Å². The Labute approximate surface area is 140 Å². The minimum Gasteiger partial charge on any atom is -0.379 e. The van der Waals surface area contributed by atoms with Crippen molar-refractivity contribution >= 4 is 5.91 Å². The van der Waals surface area contributed by atoms with E-state index in [0.29, 0.717) is 37.7 Å². The molecule has 0 spiro atoms. The van der Waals surface area contributed by atoms with Crippen molar-refractivity contribution in [1.29, 1.82) is 0 Å². The second kappa shape index (κ2) is 6.68. The summed E-state index contributed by atoms with van der Waals surface area (Å²) in [5.41, 5.74) is 3.20. The van der Waals surface area contributed by atoms with Crippen molar-refractivity contribution in [1.82, 2.24) is 14.9 Å². The fraction of sp³-hybridized carbons (Fsp3) is 0.333. The lowest BCUT2D eigenvalue weighted by molar-refractivity contribution is -0.169. The second-order valence-corrected chi connectivity index (χ2v) is 5.89. The standard InChI is InChI=1S/C18H19N3O3/c22-18-15-6-7-16(14-4-2-1-3-5-14)19-17(15)12-24-21(18)13-20-8-10-23-11-9-20/h1-7H,8-13H2. The third-order valence-corrected chi connectivity index (χ3v) is 4.29. The highest BCUT2D eigenvalue weighted by molar-refractivity contribution is 5.95. The molecule has 0 N–H and O–H groups in total. The molecular formula is C18H19N3O3. The Morgan fingerprint density at radius 1 is 1.04 bits per heavy atom. The van der Waals surface area contributed by atoms with Gasteiger partial charge < -0.3 is 4.74 Å². The Morgan fingerprint density at radius 2 is 1.83 bits per heavy atom. The first-order valence-corrected chi connectivity index (χ1v) is 8.11. The van der Waals surface area contributed by atoms with Crippen molar-refractivity contribution in [3.63, 3.8) is 0 Å². The summed E-state index contributed by atoms with van der Waals surface area (Å²) in [6.45, 7) is 3.78. The van der Waals surface area contributed by atoms with Crippen LogP contribution in [0.3, 0.4) is 0 Å². The molecule has 1 saturated heterocycles. The van der Waals surface area contributed by atoms with Gasteiger partial charge in [-0.1, -0.05) is 30.3 Å². The van der Waals surface area contributed by atoms with Crippen LogP contribution < -0.4 is 0 Å². The summed E-state index contributed by atoms with van der Waals surface area (Å²) in [7, 11) is 0. The minimum atomic E-state index is -0.130. The van der Waals surface area contributed by atoms with Gasteiger partial charge in [0.05, 0.1) is 30.2 Å². The molecule has 0 aliphatic carbocycles. The van der Waals surface area contributed by atoms with E-state index in [2.05, 4.69) is 9.88 Å². The SMILES string of the molecule is O=C1c2ccc(-c3ccccc3)nc2CON1CN1CCOCC1. The van der Waals surface area contributed by atoms with Crippen LogP contribution in [-0.2, 0) is 16.2 Å². The summed E-state index contributed by atoms with van der Waals surface area (Å²) < 4.78 is 5.33. The minimum absolute atomic E-state index is 0.130. The molecule has 2 aliphatic rings. The lowest BCUT2D eigenvalue weighted by atomic mass is 10.1. The molecule has 1 fully saturated rings. The molecule has 1 aromatic heterocycles. The van der Waals surface area contributed by atoms with E-state index in [-0.39, 0.29) is 5.91 Å². The largest absolute Gasteiger partial charge is 0.379 e. The van der Waals surface area contributed by atoms with Crippen molar-refractivity contribution in [2.45, 2.75) is 6.61 Å². The van der Waals surface area contributed by atoms with Crippen LogP contribution in [0.15, 0.2) is 42.5 Å². The molecule has 1 aromatic carbocycles. The Hall–Kier alpha value is -2.28. The van der Waals surface area contributed by atoms with E-state index >= 15 is 0 Å². The van der Waals surface area contributed by atoms with Crippen molar-refractivity contribution < 1.29 is 14.4 Å². The molecule has 0 radical (unpaired) electrons. The summed E-state index contributed by atoms with van der Waals surface area (Å²) in [5, 5.41) is 1.43. The third-order valence-electron chi connectivity index (χ3n) is 4.29. The van der Waals surface area contributed by atoms with Gasteiger partial charge in [0.25, 0.3) is 5.91 Å². The number of amides is 1. The number of fused-ring (bicyclic) bond motifs is 1. The van der Waals surface area contributed by atoms with E-state index in [1.54, 1.807) is 0 Å². The maximum Gasteiger partial charge on any atom is 0.280 e. The molecule has 6 nitrogen and oxygen atoms in total. The third kappa shape index (κ3) is 3.03. The summed E-state index contributed by atoms with van der Waals surface area (Å²) >= 11 is 0. The average Bonchev–Trinajstić information content (AvgIpc) is 2.65. The van der Waals surface area contributed by atoms with Crippen molar-refractivity contribution in [3.8, 4) is 11.3 Å². The van der Waals surface area contributed by atoms with Crippen LogP contribution in [0.25, 0.3) is 11.3 Å². The number of carbonyl (C=O) groups is 1. The molecule has 6 heteroatoms. The van der Waals surface area contributed by atoms with Gasteiger partial charge in [-0.2, -0.15) is 0 Å². The molecule has 24 heavy (non-hydrogen) atoms. The zero-order valence-electron chi connectivity index (χ0n) is 13.4. The maximum atomic E-state index is 12.6. The number of pyridine rings is 1. The predicted molar refractivity (Wildman–Crippen MR) is 87.9 cm³/mol. The van der Waals surface area contributed by atoms with Gasteiger partial charge in [0, 0.05) is 18.7 Å². The molecular weight excluding hydrogens is 306 g/mol. The van der Waals surface area contributed by atoms with Gasteiger partial charge in [-0.25, -0.2) is 10.0 Å². The number of morpholine rings is 1. The van der Waals surface area contributed by atoms with Gasteiger partial charge in [0.1, 0.15) is 13.3 Å². The fourth-order valence-corrected chi connectivity index (χ4v) is 2.94. The number of benzene rings is 1. The Kier molecular flexibility index (Phi) is 4.25. The molecule has 124 valence electrons. The van der Waals surface area contributed by atoms with Crippen molar-refractivity contribution in [3.05, 3.63) is 53.7 Å². The number of ether oxygens (including phenoxy) is 1. The average molecular weight is 325 g/mol. The van der Waals surface area contributed by atoms with Gasteiger partial charge in [-0.3, -0.25) is 14.5 Å². The smallest absolute Gasteiger partial charge is 0.280 e. The maximum absolute atomic E-state index is 12.6. The molecule has 0 bridgehead atoms. The lowest BCUT2D eigenvalue weighted by Crippen LogP contribution is -2.47. The lowest BCUT2D eigenvalue weighted by Gasteiger charge is -2.34. The van der Waals surface area contributed by atoms with Crippen LogP contribution in [0.2, 0.25) is 0 Å². The van der Waals surface area contributed by atoms with Crippen LogP contribution in [-0.4, -0.2) is 53.8 Å². The second-order valence-electron chi connectivity index (χ2n) is 5.89. The van der Waals surface area contributed by atoms with Gasteiger partial charge in [0.2, 0.25) is 0 Å². The van der Waals surface area contributed by atoms with Crippen LogP contribution in [0, 0.1) is 0 Å². The first-order chi connectivity index (χ1) is 11.8. The number of hydrogen-bond donors (Lipinski definition) is 0. The highest BCUT2D eigenvalue weighted by Gasteiger charge is 2.28. The molecule has 3 heterocycles. The van der Waals surface area contributed by atoms with Gasteiger partial charge in [0.15, 0.2) is 0 Å². The van der Waals surface area contributed by atoms with E-state index in [1.807, 2.05) is 42.5 Å². The molecule has 0 atom stereocenters. The summed E-state index contributed by atoms with van der Waals surface area (Å²) in [6, 6.07) is 13.7. The first kappa shape index (κ1) is 15.3. The van der Waals surface area contributed by atoms with Crippen LogP contribution in [0.5, 0.6) is 0 Å². The fourth-order valence-electron chi connectivity index (χ4n) is 2.94. The first-order valence-electron chi connectivity index (χ1n) is 8.11. The highest BCUT2D eigenvalue weighted by atomic mass is 16.7. The summed E-state index contributed by atoms with van der Waals surface area (Å²) in [6.07, 6.45) is 0. The normalized spacial score (nSPS) is 18.5. The number of aromatic nitrogens is 1. The van der Waals surface area contributed by atoms with Gasteiger partial charge in [-0.15, -0.1) is 0 Å². The molecule has 2 aromatic rings. The molecule has 4 rings (SSSR count). The monoisotopic (exact) mass is 325 g/mol. The quantitative estimate of drug-likeness (QED) is 0.863. The van der Waals surface area contributed by atoms with Crippen LogP contribution >= 0.6 is 0 Å². The van der Waals surface area contributed by atoms with Crippen LogP contribution in [0.1, 0.15) is 16.1 Å². The number of hydrogen-bond acceptors (Lipinski definition) is 5.